The van der Waals surface area contributed by atoms with Crippen LogP contribution in [0.2, 0.25) is 0 Å². The summed E-state index contributed by atoms with van der Waals surface area (Å²) in [5, 5.41) is 6.70. The molecule has 1 aromatic carbocycles. The topological polar surface area (TPSA) is 69.0 Å². The molecule has 1 amide bonds. The molecule has 0 spiro atoms. The standard InChI is InChI=1S/C17H13F3N4O2/c18-17(19,20)11-26-15-7-4-13(10-21-15)23-16(25)12-2-5-14(6-3-12)24-9-1-8-22-24/h1-10H,11H2,(H,23,25). The van der Waals surface area contributed by atoms with E-state index in [9.17, 15) is 18.0 Å². The lowest BCUT2D eigenvalue weighted by Gasteiger charge is -2.09. The van der Waals surface area contributed by atoms with Gasteiger partial charge in [0.15, 0.2) is 6.61 Å². The number of hydrogen-bond donors (Lipinski definition) is 1. The van der Waals surface area contributed by atoms with Crippen LogP contribution in [0.4, 0.5) is 18.9 Å². The Labute approximate surface area is 146 Å². The molecule has 26 heavy (non-hydrogen) atoms. The van der Waals surface area contributed by atoms with Gasteiger partial charge in [-0.3, -0.25) is 4.79 Å². The second kappa shape index (κ2) is 7.26. The first-order valence-corrected chi connectivity index (χ1v) is 7.48. The number of nitrogens with zero attached hydrogens (tertiary/aromatic N) is 3. The van der Waals surface area contributed by atoms with Crippen LogP contribution in [0.1, 0.15) is 10.4 Å². The third-order valence-electron chi connectivity index (χ3n) is 3.28. The van der Waals surface area contributed by atoms with Gasteiger partial charge in [-0.05, 0) is 36.4 Å². The molecule has 0 bridgehead atoms. The van der Waals surface area contributed by atoms with Gasteiger partial charge < -0.3 is 10.1 Å². The molecule has 0 aliphatic heterocycles. The third kappa shape index (κ3) is 4.59. The number of rotatable bonds is 5. The van der Waals surface area contributed by atoms with E-state index in [-0.39, 0.29) is 11.8 Å². The number of carbonyl (C=O) groups is 1. The molecule has 0 radical (unpaired) electrons. The van der Waals surface area contributed by atoms with Crippen LogP contribution >= 0.6 is 0 Å². The summed E-state index contributed by atoms with van der Waals surface area (Å²) in [6.45, 7) is -1.42. The van der Waals surface area contributed by atoms with Gasteiger partial charge in [0.2, 0.25) is 5.88 Å². The van der Waals surface area contributed by atoms with Crippen molar-refractivity contribution in [2.45, 2.75) is 6.18 Å². The van der Waals surface area contributed by atoms with E-state index in [1.807, 2.05) is 0 Å². The number of alkyl halides is 3. The van der Waals surface area contributed by atoms with Crippen molar-refractivity contribution in [2.75, 3.05) is 11.9 Å². The number of ether oxygens (including phenoxy) is 1. The Bertz CT molecular complexity index is 861. The average Bonchev–Trinajstić information content (AvgIpc) is 3.15. The Kier molecular flexibility index (Phi) is 4.87. The molecule has 0 aliphatic rings. The summed E-state index contributed by atoms with van der Waals surface area (Å²) >= 11 is 0. The van der Waals surface area contributed by atoms with Crippen LogP contribution in [0.3, 0.4) is 0 Å². The first-order chi connectivity index (χ1) is 12.4. The number of pyridine rings is 1. The smallest absolute Gasteiger partial charge is 0.422 e. The van der Waals surface area contributed by atoms with Crippen molar-refractivity contribution in [3.63, 3.8) is 0 Å². The minimum Gasteiger partial charge on any atom is -0.468 e. The molecule has 134 valence electrons. The Morgan fingerprint density at radius 1 is 1.15 bits per heavy atom. The second-order valence-corrected chi connectivity index (χ2v) is 5.24. The number of amides is 1. The number of nitrogens with one attached hydrogen (secondary N) is 1. The van der Waals surface area contributed by atoms with Crippen LogP contribution in [0.15, 0.2) is 61.1 Å². The minimum absolute atomic E-state index is 0.177. The zero-order chi connectivity index (χ0) is 18.6. The van der Waals surface area contributed by atoms with Gasteiger partial charge in [0.1, 0.15) is 0 Å². The van der Waals surface area contributed by atoms with Crippen LogP contribution in [0.25, 0.3) is 5.69 Å². The zero-order valence-electron chi connectivity index (χ0n) is 13.3. The van der Waals surface area contributed by atoms with E-state index in [1.54, 1.807) is 47.4 Å². The van der Waals surface area contributed by atoms with Gasteiger partial charge in [-0.25, -0.2) is 9.67 Å². The summed E-state index contributed by atoms with van der Waals surface area (Å²) in [5.74, 6) is -0.549. The molecule has 3 aromatic rings. The molecular weight excluding hydrogens is 349 g/mol. The highest BCUT2D eigenvalue weighted by Crippen LogP contribution is 2.18. The van der Waals surface area contributed by atoms with Gasteiger partial charge in [-0.15, -0.1) is 0 Å². The quantitative estimate of drug-likeness (QED) is 0.755. The van der Waals surface area contributed by atoms with E-state index >= 15 is 0 Å². The summed E-state index contributed by atoms with van der Waals surface area (Å²) in [5.41, 5.74) is 1.56. The van der Waals surface area contributed by atoms with Crippen molar-refractivity contribution in [3.8, 4) is 11.6 Å². The minimum atomic E-state index is -4.43. The van der Waals surface area contributed by atoms with Gasteiger partial charge in [-0.2, -0.15) is 18.3 Å². The van der Waals surface area contributed by atoms with Gasteiger partial charge in [0, 0.05) is 24.0 Å². The highest BCUT2D eigenvalue weighted by molar-refractivity contribution is 6.04. The first kappa shape index (κ1) is 17.5. The molecule has 9 heteroatoms. The Hall–Kier alpha value is -3.36. The van der Waals surface area contributed by atoms with E-state index in [4.69, 9.17) is 0 Å². The lowest BCUT2D eigenvalue weighted by molar-refractivity contribution is -0.154. The van der Waals surface area contributed by atoms with Gasteiger partial charge in [0.25, 0.3) is 5.91 Å². The summed E-state index contributed by atoms with van der Waals surface area (Å²) < 4.78 is 42.4. The van der Waals surface area contributed by atoms with Crippen LogP contribution in [0.5, 0.6) is 5.88 Å². The Morgan fingerprint density at radius 2 is 1.92 bits per heavy atom. The molecule has 2 aromatic heterocycles. The Balaban J connectivity index is 1.61. The maximum Gasteiger partial charge on any atom is 0.422 e. The molecule has 3 rings (SSSR count). The summed E-state index contributed by atoms with van der Waals surface area (Å²) in [6.07, 6.45) is 0.220. The van der Waals surface area contributed by atoms with Gasteiger partial charge in [0.05, 0.1) is 17.6 Å². The zero-order valence-corrected chi connectivity index (χ0v) is 13.3. The maximum atomic E-state index is 12.2. The number of aromatic nitrogens is 3. The fourth-order valence-corrected chi connectivity index (χ4v) is 2.09. The van der Waals surface area contributed by atoms with Crippen molar-refractivity contribution < 1.29 is 22.7 Å². The predicted molar refractivity (Wildman–Crippen MR) is 87.3 cm³/mol. The molecule has 0 aliphatic carbocycles. The van der Waals surface area contributed by atoms with Crippen molar-refractivity contribution in [1.29, 1.82) is 0 Å². The van der Waals surface area contributed by atoms with Crippen LogP contribution in [0, 0.1) is 0 Å². The molecule has 0 fully saturated rings. The second-order valence-electron chi connectivity index (χ2n) is 5.24. The summed E-state index contributed by atoms with van der Waals surface area (Å²) in [4.78, 5) is 15.9. The molecule has 6 nitrogen and oxygen atoms in total. The van der Waals surface area contributed by atoms with Crippen molar-refractivity contribution in [3.05, 3.63) is 66.6 Å². The predicted octanol–water partition coefficient (Wildman–Crippen LogP) is 3.46. The maximum absolute atomic E-state index is 12.2. The fraction of sp³-hybridized carbons (Fsp3) is 0.118. The third-order valence-corrected chi connectivity index (χ3v) is 3.28. The van der Waals surface area contributed by atoms with Gasteiger partial charge >= 0.3 is 6.18 Å². The number of anilines is 1. The van der Waals surface area contributed by atoms with Crippen LogP contribution in [-0.4, -0.2) is 33.5 Å². The largest absolute Gasteiger partial charge is 0.468 e. The number of carbonyl (C=O) groups excluding carboxylic acids is 1. The SMILES string of the molecule is O=C(Nc1ccc(OCC(F)(F)F)nc1)c1ccc(-n2cccn2)cc1. The molecule has 0 atom stereocenters. The number of halogens is 3. The summed E-state index contributed by atoms with van der Waals surface area (Å²) in [6, 6.07) is 11.2. The van der Waals surface area contributed by atoms with E-state index in [2.05, 4.69) is 20.1 Å². The summed E-state index contributed by atoms with van der Waals surface area (Å²) in [7, 11) is 0. The van der Waals surface area contributed by atoms with Crippen molar-refractivity contribution in [2.24, 2.45) is 0 Å². The van der Waals surface area contributed by atoms with Crippen LogP contribution in [-0.2, 0) is 0 Å². The molecule has 0 unspecified atom stereocenters. The molecule has 0 saturated carbocycles. The normalized spacial score (nSPS) is 11.2. The van der Waals surface area contributed by atoms with Crippen molar-refractivity contribution in [1.82, 2.24) is 14.8 Å². The van der Waals surface area contributed by atoms with Crippen LogP contribution < -0.4 is 10.1 Å². The van der Waals surface area contributed by atoms with E-state index in [1.165, 1.54) is 18.3 Å². The van der Waals surface area contributed by atoms with Gasteiger partial charge in [-0.1, -0.05) is 0 Å². The number of benzene rings is 1. The number of hydrogen-bond acceptors (Lipinski definition) is 4. The monoisotopic (exact) mass is 362 g/mol. The first-order valence-electron chi connectivity index (χ1n) is 7.48. The van der Waals surface area contributed by atoms with E-state index in [0.29, 0.717) is 11.3 Å². The van der Waals surface area contributed by atoms with E-state index < -0.39 is 12.8 Å². The fourth-order valence-electron chi connectivity index (χ4n) is 2.09. The molecular formula is C17H13F3N4O2. The molecule has 0 saturated heterocycles. The van der Waals surface area contributed by atoms with E-state index in [0.717, 1.165) is 5.69 Å². The lowest BCUT2D eigenvalue weighted by Crippen LogP contribution is -2.19. The molecule has 2 heterocycles. The Morgan fingerprint density at radius 3 is 2.50 bits per heavy atom. The van der Waals surface area contributed by atoms with Crippen molar-refractivity contribution >= 4 is 11.6 Å². The molecule has 1 N–H and O–H groups in total. The highest BCUT2D eigenvalue weighted by Gasteiger charge is 2.28. The highest BCUT2D eigenvalue weighted by atomic mass is 19.4. The lowest BCUT2D eigenvalue weighted by atomic mass is 10.2. The average molecular weight is 362 g/mol.